The molecule has 1 saturated carbocycles. The number of imidazole rings is 1. The van der Waals surface area contributed by atoms with E-state index < -0.39 is 55.1 Å². The topological polar surface area (TPSA) is 115 Å². The number of rotatable bonds is 6. The van der Waals surface area contributed by atoms with Crippen LogP contribution in [0.15, 0.2) is 35.7 Å². The Morgan fingerprint density at radius 1 is 1.34 bits per heavy atom. The Balaban J connectivity index is 1.53. The number of guanidine groups is 1. The van der Waals surface area contributed by atoms with Gasteiger partial charge in [0.15, 0.2) is 5.96 Å². The number of carbonyl (C=O) groups is 2. The summed E-state index contributed by atoms with van der Waals surface area (Å²) in [4.78, 5) is 34.9. The van der Waals surface area contributed by atoms with Crippen molar-refractivity contribution < 1.29 is 36.3 Å². The third kappa shape index (κ3) is 5.75. The standard InChI is InChI=1S/C23H24ClF5N6O3/c1-38-17-7-12(5-6-22(17,25)26)35-18(36)8-15(33-21(35)30)13-3-2-4-14(19(13)24)32-20(37)16-9-31-11-34(16)10-23(27,28)29/h2-4,9,11-12,15,17H,5-8,10H2,1H3,(H2,30,33)(H,32,37)/t12?,15-,17?/m0/s1. The van der Waals surface area contributed by atoms with Crippen LogP contribution in [-0.2, 0) is 16.1 Å². The number of methoxy groups -OCH3 is 1. The molecule has 1 aromatic carbocycles. The van der Waals surface area contributed by atoms with Gasteiger partial charge in [0.05, 0.1) is 35.7 Å². The van der Waals surface area contributed by atoms with Crippen molar-refractivity contribution in [3.05, 3.63) is 47.0 Å². The van der Waals surface area contributed by atoms with Gasteiger partial charge in [-0.1, -0.05) is 23.7 Å². The summed E-state index contributed by atoms with van der Waals surface area (Å²) >= 11 is 6.49. The second-order valence-corrected chi connectivity index (χ2v) is 9.45. The fourth-order valence-corrected chi connectivity index (χ4v) is 5.01. The van der Waals surface area contributed by atoms with Gasteiger partial charge in [-0.3, -0.25) is 14.5 Å². The van der Waals surface area contributed by atoms with Crippen LogP contribution in [0, 0.1) is 0 Å². The van der Waals surface area contributed by atoms with E-state index in [9.17, 15) is 31.5 Å². The maximum atomic E-state index is 14.1. The fraction of sp³-hybridized carbons (Fsp3) is 0.478. The summed E-state index contributed by atoms with van der Waals surface area (Å²) in [6.45, 7) is -1.40. The maximum absolute atomic E-state index is 14.1. The number of benzene rings is 1. The van der Waals surface area contributed by atoms with E-state index in [0.29, 0.717) is 10.1 Å². The lowest BCUT2D eigenvalue weighted by molar-refractivity contribution is -0.160. The number of halogens is 6. The zero-order chi connectivity index (χ0) is 27.8. The number of hydrogen-bond donors (Lipinski definition) is 2. The molecular formula is C23H24ClF5N6O3. The lowest BCUT2D eigenvalue weighted by atomic mass is 9.88. The molecule has 0 bridgehead atoms. The molecule has 0 radical (unpaired) electrons. The zero-order valence-electron chi connectivity index (χ0n) is 20.0. The van der Waals surface area contributed by atoms with Crippen molar-refractivity contribution in [2.45, 2.75) is 62.5 Å². The number of aromatic nitrogens is 2. The summed E-state index contributed by atoms with van der Waals surface area (Å²) in [5, 5.41) is 2.48. The highest BCUT2D eigenvalue weighted by Crippen LogP contribution is 2.40. The minimum Gasteiger partial charge on any atom is -0.375 e. The number of hydrogen-bond acceptors (Lipinski definition) is 6. The van der Waals surface area contributed by atoms with E-state index in [2.05, 4.69) is 15.3 Å². The third-order valence-electron chi connectivity index (χ3n) is 6.52. The Kier molecular flexibility index (Phi) is 7.66. The number of aliphatic imine (C=N–C) groups is 1. The quantitative estimate of drug-likeness (QED) is 0.514. The molecule has 9 nitrogen and oxygen atoms in total. The average Bonchev–Trinajstić information content (AvgIpc) is 3.27. The first kappa shape index (κ1) is 27.8. The van der Waals surface area contributed by atoms with Gasteiger partial charge in [0, 0.05) is 26.0 Å². The van der Waals surface area contributed by atoms with Gasteiger partial charge < -0.3 is 20.4 Å². The molecule has 2 heterocycles. The molecule has 38 heavy (non-hydrogen) atoms. The Hall–Kier alpha value is -3.26. The minimum atomic E-state index is -4.56. The molecule has 3 atom stereocenters. The molecule has 2 unspecified atom stereocenters. The summed E-state index contributed by atoms with van der Waals surface area (Å²) in [5.74, 6) is -4.48. The first-order valence-corrected chi connectivity index (χ1v) is 11.9. The van der Waals surface area contributed by atoms with Crippen molar-refractivity contribution in [2.75, 3.05) is 12.4 Å². The fourth-order valence-electron chi connectivity index (χ4n) is 4.71. The van der Waals surface area contributed by atoms with E-state index in [-0.39, 0.29) is 41.6 Å². The average molecular weight is 563 g/mol. The van der Waals surface area contributed by atoms with Crippen molar-refractivity contribution in [3.8, 4) is 0 Å². The highest BCUT2D eigenvalue weighted by molar-refractivity contribution is 6.34. The van der Waals surface area contributed by atoms with Crippen molar-refractivity contribution in [1.82, 2.24) is 14.5 Å². The van der Waals surface area contributed by atoms with Crippen LogP contribution in [0.5, 0.6) is 0 Å². The van der Waals surface area contributed by atoms with Gasteiger partial charge in [0.2, 0.25) is 5.91 Å². The molecule has 1 aromatic heterocycles. The van der Waals surface area contributed by atoms with E-state index in [1.807, 2.05) is 0 Å². The monoisotopic (exact) mass is 562 g/mol. The van der Waals surface area contributed by atoms with E-state index in [4.69, 9.17) is 22.1 Å². The number of amides is 2. The number of nitrogens with zero attached hydrogens (tertiary/aromatic N) is 4. The predicted octanol–water partition coefficient (Wildman–Crippen LogP) is 4.14. The van der Waals surface area contributed by atoms with Crippen molar-refractivity contribution in [1.29, 1.82) is 0 Å². The van der Waals surface area contributed by atoms with Crippen LogP contribution >= 0.6 is 11.6 Å². The number of alkyl halides is 5. The molecule has 0 spiro atoms. The number of nitrogens with one attached hydrogen (secondary N) is 1. The largest absolute Gasteiger partial charge is 0.406 e. The van der Waals surface area contributed by atoms with E-state index in [0.717, 1.165) is 12.5 Å². The second-order valence-electron chi connectivity index (χ2n) is 9.07. The zero-order valence-corrected chi connectivity index (χ0v) is 20.8. The maximum Gasteiger partial charge on any atom is 0.406 e. The summed E-state index contributed by atoms with van der Waals surface area (Å²) in [7, 11) is 1.18. The Morgan fingerprint density at radius 3 is 2.74 bits per heavy atom. The van der Waals surface area contributed by atoms with E-state index >= 15 is 0 Å². The smallest absolute Gasteiger partial charge is 0.375 e. The van der Waals surface area contributed by atoms with Crippen molar-refractivity contribution in [2.24, 2.45) is 10.7 Å². The molecule has 1 fully saturated rings. The Morgan fingerprint density at radius 2 is 2.08 bits per heavy atom. The van der Waals surface area contributed by atoms with Crippen LogP contribution in [0.3, 0.4) is 0 Å². The number of carbonyl (C=O) groups excluding carboxylic acids is 2. The predicted molar refractivity (Wildman–Crippen MR) is 127 cm³/mol. The molecule has 2 amide bonds. The normalized spacial score (nSPS) is 23.8. The van der Waals surface area contributed by atoms with Gasteiger partial charge in [-0.05, 0) is 18.1 Å². The molecule has 0 saturated heterocycles. The van der Waals surface area contributed by atoms with Crippen LogP contribution in [0.2, 0.25) is 5.02 Å². The molecule has 3 N–H and O–H groups in total. The highest BCUT2D eigenvalue weighted by Gasteiger charge is 2.48. The summed E-state index contributed by atoms with van der Waals surface area (Å²) in [6.07, 6.45) is -4.76. The van der Waals surface area contributed by atoms with E-state index in [1.165, 1.54) is 24.1 Å². The van der Waals surface area contributed by atoms with Crippen molar-refractivity contribution in [3.63, 3.8) is 0 Å². The Bertz CT molecular complexity index is 1250. The van der Waals surface area contributed by atoms with Gasteiger partial charge in [-0.25, -0.2) is 18.8 Å². The molecule has 4 rings (SSSR count). The first-order valence-electron chi connectivity index (χ1n) is 11.5. The van der Waals surface area contributed by atoms with Crippen LogP contribution in [0.4, 0.5) is 27.6 Å². The summed E-state index contributed by atoms with van der Waals surface area (Å²) < 4.78 is 72.1. The SMILES string of the molecule is COC1CC(N2C(=O)C[C@@H](c3cccc(NC(=O)c4cncn4CC(F)(F)F)c3Cl)N=C2N)CCC1(F)F. The second kappa shape index (κ2) is 10.5. The molecule has 206 valence electrons. The van der Waals surface area contributed by atoms with Crippen LogP contribution < -0.4 is 11.1 Å². The summed E-state index contributed by atoms with van der Waals surface area (Å²) in [5.41, 5.74) is 6.18. The molecule has 15 heteroatoms. The Labute approximate surface area is 218 Å². The lowest BCUT2D eigenvalue weighted by Gasteiger charge is -2.41. The molecule has 2 aliphatic rings. The van der Waals surface area contributed by atoms with Gasteiger partial charge in [0.25, 0.3) is 11.8 Å². The van der Waals surface area contributed by atoms with Crippen molar-refractivity contribution >= 4 is 35.1 Å². The van der Waals surface area contributed by atoms with E-state index in [1.54, 1.807) is 6.07 Å². The van der Waals surface area contributed by atoms with Gasteiger partial charge in [0.1, 0.15) is 18.3 Å². The number of nitrogens with two attached hydrogens (primary N) is 1. The lowest BCUT2D eigenvalue weighted by Crippen LogP contribution is -2.56. The van der Waals surface area contributed by atoms with Gasteiger partial charge in [-0.15, -0.1) is 0 Å². The minimum absolute atomic E-state index is 0.0160. The van der Waals surface area contributed by atoms with Crippen LogP contribution in [-0.4, -0.2) is 63.6 Å². The molecule has 2 aromatic rings. The first-order chi connectivity index (χ1) is 17.8. The summed E-state index contributed by atoms with van der Waals surface area (Å²) in [6, 6.07) is 3.09. The number of anilines is 1. The molecule has 1 aliphatic carbocycles. The third-order valence-corrected chi connectivity index (χ3v) is 6.94. The van der Waals surface area contributed by atoms with Gasteiger partial charge in [-0.2, -0.15) is 13.2 Å². The molecule has 1 aliphatic heterocycles. The van der Waals surface area contributed by atoms with Crippen LogP contribution in [0.25, 0.3) is 0 Å². The van der Waals surface area contributed by atoms with Crippen LogP contribution in [0.1, 0.15) is 47.8 Å². The number of ether oxygens (including phenoxy) is 1. The van der Waals surface area contributed by atoms with Gasteiger partial charge >= 0.3 is 6.18 Å². The molecular weight excluding hydrogens is 539 g/mol. The highest BCUT2D eigenvalue weighted by atomic mass is 35.5.